The number of alkyl halides is 1. The summed E-state index contributed by atoms with van der Waals surface area (Å²) in [5.41, 5.74) is -2.24. The Morgan fingerprint density at radius 1 is 1.36 bits per heavy atom. The normalized spacial score (nSPS) is 23.8. The minimum atomic E-state index is -2.47. The molecule has 0 saturated carbocycles. The number of hydrogen-bond acceptors (Lipinski definition) is 6. The van der Waals surface area contributed by atoms with Gasteiger partial charge in [0, 0.05) is 6.92 Å². The summed E-state index contributed by atoms with van der Waals surface area (Å²) in [5.74, 6) is -1.86. The Balaban J connectivity index is 2.39. The molecule has 0 aromatic carbocycles. The largest absolute Gasteiger partial charge is 0.463 e. The van der Waals surface area contributed by atoms with Gasteiger partial charge in [-0.1, -0.05) is 20.8 Å². The zero-order valence-corrected chi connectivity index (χ0v) is 17.7. The highest BCUT2D eigenvalue weighted by atomic mass is 28.4. The van der Waals surface area contributed by atoms with E-state index in [4.69, 9.17) is 13.9 Å². The maximum Gasteiger partial charge on any atom is 0.330 e. The quantitative estimate of drug-likeness (QED) is 0.579. The summed E-state index contributed by atoms with van der Waals surface area (Å²) in [4.78, 5) is 36.2. The summed E-state index contributed by atoms with van der Waals surface area (Å²) in [5, 5.41) is -0.252. The smallest absolute Gasteiger partial charge is 0.330 e. The van der Waals surface area contributed by atoms with Gasteiger partial charge >= 0.3 is 11.7 Å². The van der Waals surface area contributed by atoms with E-state index in [-0.39, 0.29) is 17.7 Å². The molecule has 1 radical (unpaired) electrons. The lowest BCUT2D eigenvalue weighted by Gasteiger charge is -2.39. The first-order valence-electron chi connectivity index (χ1n) is 8.73. The molecule has 28 heavy (non-hydrogen) atoms. The van der Waals surface area contributed by atoms with Crippen molar-refractivity contribution in [2.75, 3.05) is 6.61 Å². The van der Waals surface area contributed by atoms with Gasteiger partial charge in [-0.25, -0.2) is 9.18 Å². The van der Waals surface area contributed by atoms with Crippen LogP contribution in [-0.2, 0) is 18.7 Å². The molecule has 0 aliphatic carbocycles. The van der Waals surface area contributed by atoms with Crippen LogP contribution in [0.5, 0.6) is 0 Å². The molecule has 2 heterocycles. The van der Waals surface area contributed by atoms with Gasteiger partial charge in [0.2, 0.25) is 5.82 Å². The number of aromatic amines is 1. The first-order valence-corrected chi connectivity index (χ1v) is 11.6. The molecule has 8 nitrogen and oxygen atoms in total. The van der Waals surface area contributed by atoms with E-state index >= 15 is 4.39 Å². The Kier molecular flexibility index (Phi) is 6.31. The van der Waals surface area contributed by atoms with Crippen LogP contribution in [0.4, 0.5) is 8.78 Å². The van der Waals surface area contributed by atoms with Crippen molar-refractivity contribution in [1.82, 2.24) is 9.55 Å². The van der Waals surface area contributed by atoms with Crippen molar-refractivity contribution < 1.29 is 27.5 Å². The molecule has 3 atom stereocenters. The minimum Gasteiger partial charge on any atom is -0.463 e. The van der Waals surface area contributed by atoms with E-state index in [1.807, 2.05) is 33.9 Å². The molecule has 1 aromatic rings. The number of nitrogens with one attached hydrogen (secondary N) is 1. The van der Waals surface area contributed by atoms with Crippen LogP contribution in [0.1, 0.15) is 33.9 Å². The second-order valence-electron chi connectivity index (χ2n) is 8.14. The van der Waals surface area contributed by atoms with E-state index in [9.17, 15) is 18.8 Å². The number of hydrogen-bond donors (Lipinski definition) is 1. The van der Waals surface area contributed by atoms with E-state index in [1.54, 1.807) is 4.98 Å². The molecule has 1 aliphatic rings. The molecule has 0 amide bonds. The number of H-pyrrole nitrogens is 1. The van der Waals surface area contributed by atoms with E-state index in [1.165, 1.54) is 6.92 Å². The van der Waals surface area contributed by atoms with Crippen molar-refractivity contribution >= 4 is 14.3 Å². The van der Waals surface area contributed by atoms with Crippen LogP contribution < -0.4 is 11.2 Å². The van der Waals surface area contributed by atoms with Gasteiger partial charge in [0.05, 0.1) is 6.20 Å². The fourth-order valence-electron chi connectivity index (χ4n) is 2.39. The van der Waals surface area contributed by atoms with Gasteiger partial charge in [-0.05, 0) is 18.1 Å². The molecule has 0 spiro atoms. The predicted octanol–water partition coefficient (Wildman–Crippen LogP) is 2.03. The maximum absolute atomic E-state index is 15.3. The lowest BCUT2D eigenvalue weighted by molar-refractivity contribution is -0.143. The molecule has 2 rings (SSSR count). The molecule has 157 valence electrons. The second-order valence-corrected chi connectivity index (χ2v) is 12.9. The minimum absolute atomic E-state index is 0.0176. The highest BCUT2D eigenvalue weighted by Gasteiger charge is 2.52. The summed E-state index contributed by atoms with van der Waals surface area (Å²) in [6.07, 6.45) is -4.11. The molecule has 0 bridgehead atoms. The predicted molar refractivity (Wildman–Crippen MR) is 98.2 cm³/mol. The first kappa shape index (κ1) is 22.4. The number of rotatable bonds is 5. The van der Waals surface area contributed by atoms with Crippen molar-refractivity contribution in [3.63, 3.8) is 0 Å². The third-order valence-corrected chi connectivity index (χ3v) is 9.45. The second kappa shape index (κ2) is 7.88. The molecular weight excluding hydrogens is 394 g/mol. The number of esters is 1. The third-order valence-electron chi connectivity index (χ3n) is 5.00. The van der Waals surface area contributed by atoms with E-state index in [0.717, 1.165) is 0 Å². The lowest BCUT2D eigenvalue weighted by Crippen LogP contribution is -2.47. The van der Waals surface area contributed by atoms with Gasteiger partial charge in [0.25, 0.3) is 5.56 Å². The average Bonchev–Trinajstić information content (AvgIpc) is 2.84. The van der Waals surface area contributed by atoms with Crippen molar-refractivity contribution in [3.8, 4) is 0 Å². The van der Waals surface area contributed by atoms with Crippen molar-refractivity contribution in [2.45, 2.75) is 64.3 Å². The maximum atomic E-state index is 15.3. The molecule has 1 aliphatic heterocycles. The van der Waals surface area contributed by atoms with Gasteiger partial charge in [-0.15, -0.1) is 0 Å². The lowest BCUT2D eigenvalue weighted by atomic mass is 10.1. The van der Waals surface area contributed by atoms with Crippen LogP contribution in [0.15, 0.2) is 15.8 Å². The monoisotopic (exact) mass is 419 g/mol. The van der Waals surface area contributed by atoms with Crippen LogP contribution in [-0.4, -0.2) is 42.7 Å². The fraction of sp³-hybridized carbons (Fsp3) is 0.647. The summed E-state index contributed by atoms with van der Waals surface area (Å²) in [7, 11) is -2.47. The van der Waals surface area contributed by atoms with Crippen molar-refractivity contribution in [2.24, 2.45) is 0 Å². The van der Waals surface area contributed by atoms with Crippen molar-refractivity contribution in [3.05, 3.63) is 39.0 Å². The van der Waals surface area contributed by atoms with Gasteiger partial charge in [-0.3, -0.25) is 19.1 Å². The van der Waals surface area contributed by atoms with E-state index < -0.39 is 49.9 Å². The van der Waals surface area contributed by atoms with Gasteiger partial charge in [-0.2, -0.15) is 4.39 Å². The Hall–Kier alpha value is -1.85. The highest BCUT2D eigenvalue weighted by Crippen LogP contribution is 2.44. The van der Waals surface area contributed by atoms with Crippen LogP contribution >= 0.6 is 0 Å². The van der Waals surface area contributed by atoms with Crippen LogP contribution in [0, 0.1) is 11.9 Å². The van der Waals surface area contributed by atoms with Crippen LogP contribution in [0.25, 0.3) is 0 Å². The van der Waals surface area contributed by atoms with E-state index in [0.29, 0.717) is 10.8 Å². The molecule has 1 N–H and O–H groups in total. The van der Waals surface area contributed by atoms with Gasteiger partial charge < -0.3 is 13.9 Å². The molecule has 1 fully saturated rings. The number of ether oxygens (including phenoxy) is 2. The first-order chi connectivity index (χ1) is 12.7. The zero-order chi connectivity index (χ0) is 21.4. The summed E-state index contributed by atoms with van der Waals surface area (Å²) < 4.78 is 46.0. The number of aromatic nitrogens is 2. The van der Waals surface area contributed by atoms with Crippen LogP contribution in [0.2, 0.25) is 18.1 Å². The molecule has 0 unspecified atom stereocenters. The topological polar surface area (TPSA) is 99.6 Å². The average molecular weight is 419 g/mol. The van der Waals surface area contributed by atoms with Crippen molar-refractivity contribution in [1.29, 1.82) is 0 Å². The third kappa shape index (κ3) is 4.58. The fourth-order valence-corrected chi connectivity index (χ4v) is 3.64. The Bertz CT molecular complexity index is 847. The number of carbonyl (C=O) groups is 1. The Morgan fingerprint density at radius 3 is 2.50 bits per heavy atom. The Labute approximate surface area is 161 Å². The summed E-state index contributed by atoms with van der Waals surface area (Å²) >= 11 is 0. The van der Waals surface area contributed by atoms with Gasteiger partial charge in [0.15, 0.2) is 26.8 Å². The number of carbonyl (C=O) groups excluding carboxylic acids is 1. The number of nitrogens with zero attached hydrogens (tertiary/aromatic N) is 1. The number of halogens is 2. The summed E-state index contributed by atoms with van der Waals surface area (Å²) in [6.45, 7) is 10.5. The highest BCUT2D eigenvalue weighted by molar-refractivity contribution is 6.74. The molecule has 1 saturated heterocycles. The van der Waals surface area contributed by atoms with Crippen LogP contribution in [0.3, 0.4) is 0 Å². The molecule has 11 heteroatoms. The molecule has 1 aromatic heterocycles. The standard InChI is InChI=1S/C17H25F2N2O6Si/c1-9(22)25-8-11-13(27-28(5,6)17(2,3)4)12(19)15(26-11)21-7-10(18)14(23)20-16(21)24/h7,12-13,15H,8H2,1-6H3,(H,20,23,24)/t12-,13+,15+/m0/s1. The zero-order valence-electron chi connectivity index (χ0n) is 16.7. The van der Waals surface area contributed by atoms with E-state index in [2.05, 4.69) is 0 Å². The summed E-state index contributed by atoms with van der Waals surface area (Å²) in [6, 6.07) is 0. The van der Waals surface area contributed by atoms with Gasteiger partial charge in [0.1, 0.15) is 12.7 Å². The Morgan fingerprint density at radius 2 is 1.96 bits per heavy atom. The SMILES string of the molecule is CC(=O)OC[C]1O[C@@H](n2cc(F)c(=O)[nH]c2=O)[C@@H](F)[C@@H]1O[Si](C)(C)C(C)(C)C. The molecular formula is C17H25F2N2O6Si.